The summed E-state index contributed by atoms with van der Waals surface area (Å²) >= 11 is 10.2. The van der Waals surface area contributed by atoms with Crippen molar-refractivity contribution in [2.75, 3.05) is 0 Å². The summed E-state index contributed by atoms with van der Waals surface area (Å²) in [6, 6.07) is 62.2. The number of hydrogen-bond donors (Lipinski definition) is 0. The van der Waals surface area contributed by atoms with Crippen LogP contribution in [-0.2, 0) is 17.3 Å². The van der Waals surface area contributed by atoms with Crippen molar-refractivity contribution in [2.45, 2.75) is 58.3 Å². The molecule has 6 heterocycles. The predicted octanol–water partition coefficient (Wildman–Crippen LogP) is 19.3. The van der Waals surface area contributed by atoms with Gasteiger partial charge in [-0.05, 0) is 110 Å². The van der Waals surface area contributed by atoms with Gasteiger partial charge in [0.15, 0.2) is 5.78 Å². The van der Waals surface area contributed by atoms with Crippen LogP contribution in [-0.4, -0.2) is 23.3 Å². The molecule has 13 heteroatoms. The molecule has 406 valence electrons. The van der Waals surface area contributed by atoms with Gasteiger partial charge in [0, 0.05) is 48.7 Å². The number of allylic oxidation sites excluding steroid dienone is 4. The molecule has 0 saturated carbocycles. The van der Waals surface area contributed by atoms with E-state index >= 15 is 0 Å². The first-order valence-corrected chi connectivity index (χ1v) is 32.8. The number of fused-ring (bicyclic) bond motifs is 12. The molecule has 0 bridgehead atoms. The summed E-state index contributed by atoms with van der Waals surface area (Å²) in [7, 11) is 0. The molecule has 3 aliphatic rings. The van der Waals surface area contributed by atoms with Crippen molar-refractivity contribution in [2.24, 2.45) is 0 Å². The molecule has 0 saturated heterocycles. The van der Waals surface area contributed by atoms with Gasteiger partial charge < -0.3 is 0 Å². The van der Waals surface area contributed by atoms with E-state index in [1.807, 2.05) is 81.8 Å². The van der Waals surface area contributed by atoms with Gasteiger partial charge in [0.1, 0.15) is 39.8 Å². The molecule has 3 aliphatic carbocycles. The third kappa shape index (κ3) is 7.39. The van der Waals surface area contributed by atoms with Gasteiger partial charge in [-0.15, -0.1) is 45.3 Å². The molecule has 85 heavy (non-hydrogen) atoms. The summed E-state index contributed by atoms with van der Waals surface area (Å²) in [6.45, 7) is 10.8. The molecule has 7 nitrogen and oxygen atoms in total. The molecule has 0 fully saturated rings. The molecule has 7 aromatic carbocycles. The molecule has 0 N–H and O–H groups in total. The van der Waals surface area contributed by atoms with Crippen LogP contribution in [0.2, 0.25) is 0 Å². The SMILES string of the molecule is Cc1ccc(C2(c3ccc(C)cc3)c3cc(-c4ccc(C)c5nsnc45)sc3-c3sc4c5c(sc4c32)-c2sc(-c3ccc(CC/C=C4\C(=O)c6ccccc6C4=C(C#N)C#N)c4nsnc34)cc2C5(c2ccc(C)cc2)c2ccc(C)cc2)cc1. The topological polar surface area (TPSA) is 116 Å². The zero-order valence-corrected chi connectivity index (χ0v) is 51.4. The number of aromatic nitrogens is 4. The van der Waals surface area contributed by atoms with Gasteiger partial charge in [0.05, 0.1) is 63.2 Å². The first kappa shape index (κ1) is 52.0. The molecule has 0 aliphatic heterocycles. The number of thiophene rings is 4. The van der Waals surface area contributed by atoms with Crippen LogP contribution in [0.15, 0.2) is 175 Å². The van der Waals surface area contributed by atoms with E-state index in [1.165, 1.54) is 124 Å². The smallest absolute Gasteiger partial charge is 0.194 e. The minimum absolute atomic E-state index is 0.0617. The lowest BCUT2D eigenvalue weighted by molar-refractivity contribution is 0.104. The van der Waals surface area contributed by atoms with Crippen LogP contribution >= 0.6 is 68.8 Å². The normalized spacial score (nSPS) is 14.7. The lowest BCUT2D eigenvalue weighted by atomic mass is 9.67. The van der Waals surface area contributed by atoms with E-state index < -0.39 is 10.8 Å². The average molecular weight is 1200 g/mol. The molecule has 0 atom stereocenters. The summed E-state index contributed by atoms with van der Waals surface area (Å²) in [5.41, 5.74) is 23.6. The van der Waals surface area contributed by atoms with Crippen molar-refractivity contribution < 1.29 is 4.79 Å². The Morgan fingerprint density at radius 2 is 0.918 bits per heavy atom. The van der Waals surface area contributed by atoms with Gasteiger partial charge in [-0.3, -0.25) is 4.79 Å². The number of ketones is 1. The number of nitriles is 2. The Bertz CT molecular complexity index is 5050. The van der Waals surface area contributed by atoms with Crippen molar-refractivity contribution in [1.82, 2.24) is 17.5 Å². The van der Waals surface area contributed by atoms with Crippen LogP contribution in [0.1, 0.15) is 100 Å². The highest BCUT2D eigenvalue weighted by atomic mass is 32.1. The van der Waals surface area contributed by atoms with E-state index in [-0.39, 0.29) is 11.4 Å². The van der Waals surface area contributed by atoms with E-state index in [0.29, 0.717) is 35.1 Å². The number of Topliss-reactive ketones (excluding diaryl/α,β-unsaturated/α-hetero) is 1. The maximum Gasteiger partial charge on any atom is 0.194 e. The highest BCUT2D eigenvalue weighted by molar-refractivity contribution is 7.35. The van der Waals surface area contributed by atoms with Gasteiger partial charge in [-0.2, -0.15) is 28.0 Å². The zero-order valence-electron chi connectivity index (χ0n) is 46.5. The van der Waals surface area contributed by atoms with Crippen LogP contribution in [0, 0.1) is 57.3 Å². The maximum absolute atomic E-state index is 13.8. The maximum atomic E-state index is 13.8. The highest BCUT2D eigenvalue weighted by Gasteiger charge is 2.55. The summed E-state index contributed by atoms with van der Waals surface area (Å²) < 4.78 is 22.3. The molecule has 16 rings (SSSR count). The first-order valence-electron chi connectivity index (χ1n) is 28.0. The van der Waals surface area contributed by atoms with Gasteiger partial charge in [-0.25, -0.2) is 0 Å². The Labute approximate surface area is 515 Å². The molecule has 6 aromatic heterocycles. The van der Waals surface area contributed by atoms with Gasteiger partial charge >= 0.3 is 0 Å². The number of benzene rings is 7. The van der Waals surface area contributed by atoms with Crippen LogP contribution in [0.3, 0.4) is 0 Å². The number of rotatable bonds is 9. The minimum atomic E-state index is -0.683. The summed E-state index contributed by atoms with van der Waals surface area (Å²) in [4.78, 5) is 21.3. The zero-order chi connectivity index (χ0) is 57.6. The number of aryl methyl sites for hydroxylation is 6. The van der Waals surface area contributed by atoms with Crippen LogP contribution < -0.4 is 0 Å². The Balaban J connectivity index is 0.911. The quantitative estimate of drug-likeness (QED) is 0.104. The van der Waals surface area contributed by atoms with Crippen molar-refractivity contribution in [3.63, 3.8) is 0 Å². The van der Waals surface area contributed by atoms with E-state index in [0.717, 1.165) is 49.2 Å². The van der Waals surface area contributed by atoms with Crippen molar-refractivity contribution >= 4 is 112 Å². The summed E-state index contributed by atoms with van der Waals surface area (Å²) in [5, 5.41) is 19.9. The number of carbonyl (C=O) groups excluding carboxylic acids is 1. The molecule has 0 amide bonds. The largest absolute Gasteiger partial charge is 0.289 e. The standard InChI is InChI=1S/C72H46N6OS6/c1-37-13-23-44(24-14-37)71(45-25-15-38(2)16-26-45)53-33-55(50-31-21-41(5)60-62(50)77-84-75-60)80-65(53)67-58(71)69-70(82-67)59-68(83-69)66-54(72(59,46-27-17-39(3)18-28-46)47-29-19-40(4)20-30-47)34-56(81-66)51-32-22-42(61-63(51)78-85-76-61)9-8-12-52-57(43(35-73)36-74)48-10-6-7-11-49(48)64(52)79/h6-7,10-34H,8-9H2,1-5H3/b52-12-. The number of nitrogens with zero attached hydrogens (tertiary/aromatic N) is 6. The fraction of sp³-hybridized carbons (Fsp3) is 0.125. The third-order valence-corrected chi connectivity index (χ3v) is 24.0. The van der Waals surface area contributed by atoms with E-state index in [2.05, 4.69) is 168 Å². The van der Waals surface area contributed by atoms with Gasteiger partial charge in [0.2, 0.25) is 0 Å². The fourth-order valence-electron chi connectivity index (χ4n) is 13.7. The highest BCUT2D eigenvalue weighted by Crippen LogP contribution is 2.71. The molecule has 0 unspecified atom stereocenters. The molecule has 13 aromatic rings. The molecular formula is C72H46N6OS6. The first-order chi connectivity index (χ1) is 41.5. The summed E-state index contributed by atoms with van der Waals surface area (Å²) in [5.74, 6) is -0.169. The third-order valence-electron chi connectivity index (χ3n) is 17.7. The Kier molecular flexibility index (Phi) is 11.9. The minimum Gasteiger partial charge on any atom is -0.289 e. The molecule has 0 radical (unpaired) electrons. The van der Waals surface area contributed by atoms with Crippen LogP contribution in [0.25, 0.3) is 77.4 Å². The van der Waals surface area contributed by atoms with Gasteiger partial charge in [-0.1, -0.05) is 174 Å². The van der Waals surface area contributed by atoms with Crippen molar-refractivity contribution in [3.05, 3.63) is 264 Å². The number of carbonyl (C=O) groups is 1. The van der Waals surface area contributed by atoms with Crippen LogP contribution in [0.4, 0.5) is 0 Å². The predicted molar refractivity (Wildman–Crippen MR) is 352 cm³/mol. The second-order valence-electron chi connectivity index (χ2n) is 22.6. The average Bonchev–Trinajstić information content (AvgIpc) is 1.53. The number of hydrogen-bond acceptors (Lipinski definition) is 13. The van der Waals surface area contributed by atoms with Crippen molar-refractivity contribution in [3.8, 4) is 52.5 Å². The van der Waals surface area contributed by atoms with E-state index in [1.54, 1.807) is 6.07 Å². The molecular weight excluding hydrogens is 1160 g/mol. The Hall–Kier alpha value is -8.63. The second-order valence-corrected chi connectivity index (χ2v) is 27.8. The summed E-state index contributed by atoms with van der Waals surface area (Å²) in [6.07, 6.45) is 2.97. The van der Waals surface area contributed by atoms with E-state index in [4.69, 9.17) is 17.5 Å². The Morgan fingerprint density at radius 3 is 1.40 bits per heavy atom. The molecule has 0 spiro atoms. The van der Waals surface area contributed by atoms with Gasteiger partial charge in [0.25, 0.3) is 0 Å². The van der Waals surface area contributed by atoms with E-state index in [9.17, 15) is 15.3 Å². The second kappa shape index (κ2) is 19.5. The lowest BCUT2D eigenvalue weighted by Gasteiger charge is -2.34. The fourth-order valence-corrected chi connectivity index (χ4v) is 20.8. The Morgan fingerprint density at radius 1 is 0.482 bits per heavy atom. The monoisotopic (exact) mass is 1200 g/mol. The lowest BCUT2D eigenvalue weighted by Crippen LogP contribution is -2.28. The van der Waals surface area contributed by atoms with Crippen molar-refractivity contribution in [1.29, 1.82) is 10.5 Å². The van der Waals surface area contributed by atoms with Crippen LogP contribution in [0.5, 0.6) is 0 Å².